The number of thioether (sulfide) groups is 1. The molecular formula is C11H13N3OS2. The Bertz CT molecular complexity index is 531. The highest BCUT2D eigenvalue weighted by molar-refractivity contribution is 8.26. The molecule has 1 aromatic heterocycles. The maximum absolute atomic E-state index is 11.6. The van der Waals surface area contributed by atoms with E-state index in [1.54, 1.807) is 0 Å². The fourth-order valence-electron chi connectivity index (χ4n) is 1.78. The zero-order chi connectivity index (χ0) is 12.6. The van der Waals surface area contributed by atoms with Crippen molar-refractivity contribution in [1.29, 1.82) is 0 Å². The molecule has 1 saturated heterocycles. The number of aryl methyl sites for hydroxylation is 2. The van der Waals surface area contributed by atoms with Gasteiger partial charge in [-0.05, 0) is 26.8 Å². The molecule has 1 N–H and O–H groups in total. The van der Waals surface area contributed by atoms with Crippen LogP contribution in [0.5, 0.6) is 0 Å². The first-order chi connectivity index (χ1) is 8.02. The third-order valence-electron chi connectivity index (χ3n) is 2.65. The SMILES string of the molecule is CCn1nc(C)c(C=C2SC(=S)NC2=O)c1C. The number of hydrogen-bond acceptors (Lipinski definition) is 4. The number of carbonyl (C=O) groups is 1. The van der Waals surface area contributed by atoms with E-state index >= 15 is 0 Å². The van der Waals surface area contributed by atoms with Gasteiger partial charge in [-0.1, -0.05) is 24.0 Å². The van der Waals surface area contributed by atoms with Crippen molar-refractivity contribution in [3.63, 3.8) is 0 Å². The number of carbonyl (C=O) groups excluding carboxylic acids is 1. The summed E-state index contributed by atoms with van der Waals surface area (Å²) in [4.78, 5) is 12.2. The zero-order valence-electron chi connectivity index (χ0n) is 9.90. The van der Waals surface area contributed by atoms with Crippen LogP contribution in [0, 0.1) is 13.8 Å². The van der Waals surface area contributed by atoms with Crippen LogP contribution in [-0.2, 0) is 11.3 Å². The Morgan fingerprint density at radius 3 is 2.71 bits per heavy atom. The Hall–Kier alpha value is -1.14. The van der Waals surface area contributed by atoms with E-state index in [0.29, 0.717) is 9.23 Å². The minimum absolute atomic E-state index is 0.122. The number of aromatic nitrogens is 2. The molecule has 1 aromatic rings. The van der Waals surface area contributed by atoms with Crippen molar-refractivity contribution in [2.45, 2.75) is 27.3 Å². The van der Waals surface area contributed by atoms with Crippen molar-refractivity contribution in [2.75, 3.05) is 0 Å². The molecule has 1 aliphatic heterocycles. The van der Waals surface area contributed by atoms with Gasteiger partial charge < -0.3 is 5.32 Å². The molecule has 17 heavy (non-hydrogen) atoms. The van der Waals surface area contributed by atoms with Gasteiger partial charge in [-0.3, -0.25) is 9.48 Å². The van der Waals surface area contributed by atoms with Crippen LogP contribution in [0.4, 0.5) is 0 Å². The summed E-state index contributed by atoms with van der Waals surface area (Å²) >= 11 is 6.25. The van der Waals surface area contributed by atoms with Crippen molar-refractivity contribution in [3.8, 4) is 0 Å². The molecule has 1 fully saturated rings. The van der Waals surface area contributed by atoms with Crippen LogP contribution in [-0.4, -0.2) is 20.0 Å². The molecule has 0 atom stereocenters. The molecule has 0 spiro atoms. The normalized spacial score (nSPS) is 17.9. The second-order valence-electron chi connectivity index (χ2n) is 3.75. The number of rotatable bonds is 2. The Morgan fingerprint density at radius 2 is 2.24 bits per heavy atom. The van der Waals surface area contributed by atoms with E-state index in [0.717, 1.165) is 23.5 Å². The van der Waals surface area contributed by atoms with Gasteiger partial charge in [-0.25, -0.2) is 0 Å². The predicted molar refractivity (Wildman–Crippen MR) is 73.7 cm³/mol. The van der Waals surface area contributed by atoms with Gasteiger partial charge in [-0.15, -0.1) is 0 Å². The summed E-state index contributed by atoms with van der Waals surface area (Å²) in [5.74, 6) is -0.122. The maximum atomic E-state index is 11.6. The molecule has 0 unspecified atom stereocenters. The van der Waals surface area contributed by atoms with E-state index in [-0.39, 0.29) is 5.91 Å². The van der Waals surface area contributed by atoms with Crippen LogP contribution in [0.1, 0.15) is 23.9 Å². The molecule has 2 rings (SSSR count). The first kappa shape index (κ1) is 12.3. The molecule has 0 saturated carbocycles. The number of amides is 1. The van der Waals surface area contributed by atoms with E-state index in [9.17, 15) is 4.79 Å². The summed E-state index contributed by atoms with van der Waals surface area (Å²) in [7, 11) is 0. The molecular weight excluding hydrogens is 254 g/mol. The lowest BCUT2D eigenvalue weighted by Crippen LogP contribution is -2.17. The summed E-state index contributed by atoms with van der Waals surface area (Å²) in [6.07, 6.45) is 1.86. The van der Waals surface area contributed by atoms with E-state index in [4.69, 9.17) is 12.2 Å². The van der Waals surface area contributed by atoms with Gasteiger partial charge in [-0.2, -0.15) is 5.10 Å². The third-order valence-corrected chi connectivity index (χ3v) is 3.82. The van der Waals surface area contributed by atoms with Gasteiger partial charge in [0.15, 0.2) is 0 Å². The first-order valence-electron chi connectivity index (χ1n) is 5.31. The zero-order valence-corrected chi connectivity index (χ0v) is 11.5. The maximum Gasteiger partial charge on any atom is 0.263 e. The number of nitrogens with one attached hydrogen (secondary N) is 1. The molecule has 2 heterocycles. The van der Waals surface area contributed by atoms with E-state index in [1.165, 1.54) is 11.8 Å². The van der Waals surface area contributed by atoms with Gasteiger partial charge in [0, 0.05) is 17.8 Å². The van der Waals surface area contributed by atoms with Crippen LogP contribution in [0.2, 0.25) is 0 Å². The first-order valence-corrected chi connectivity index (χ1v) is 6.54. The molecule has 6 heteroatoms. The highest BCUT2D eigenvalue weighted by Gasteiger charge is 2.23. The Kier molecular flexibility index (Phi) is 3.35. The van der Waals surface area contributed by atoms with E-state index in [2.05, 4.69) is 10.4 Å². The van der Waals surface area contributed by atoms with Gasteiger partial charge >= 0.3 is 0 Å². The summed E-state index contributed by atoms with van der Waals surface area (Å²) in [5, 5.41) is 7.02. The van der Waals surface area contributed by atoms with Crippen molar-refractivity contribution < 1.29 is 4.79 Å². The summed E-state index contributed by atoms with van der Waals surface area (Å²) < 4.78 is 2.44. The van der Waals surface area contributed by atoms with Crippen molar-refractivity contribution in [1.82, 2.24) is 15.1 Å². The molecule has 0 aliphatic carbocycles. The van der Waals surface area contributed by atoms with Gasteiger partial charge in [0.1, 0.15) is 4.32 Å². The van der Waals surface area contributed by atoms with Crippen LogP contribution in [0.25, 0.3) is 6.08 Å². The molecule has 1 amide bonds. The van der Waals surface area contributed by atoms with Gasteiger partial charge in [0.05, 0.1) is 10.6 Å². The van der Waals surface area contributed by atoms with Crippen LogP contribution < -0.4 is 5.32 Å². The van der Waals surface area contributed by atoms with Crippen molar-refractivity contribution >= 4 is 40.3 Å². The average Bonchev–Trinajstić information content (AvgIpc) is 2.72. The Labute approximate surface area is 109 Å². The standard InChI is InChI=1S/C11H13N3OS2/c1-4-14-7(3)8(6(2)13-14)5-9-10(15)12-11(16)17-9/h5H,4H2,1-3H3,(H,12,15,16). The molecule has 4 nitrogen and oxygen atoms in total. The Morgan fingerprint density at radius 1 is 1.53 bits per heavy atom. The van der Waals surface area contributed by atoms with Gasteiger partial charge in [0.25, 0.3) is 5.91 Å². The van der Waals surface area contributed by atoms with E-state index in [1.807, 2.05) is 31.5 Å². The molecule has 0 radical (unpaired) electrons. The largest absolute Gasteiger partial charge is 0.307 e. The van der Waals surface area contributed by atoms with Crippen molar-refractivity contribution in [3.05, 3.63) is 21.9 Å². The summed E-state index contributed by atoms with van der Waals surface area (Å²) in [6.45, 7) is 6.82. The molecule has 0 bridgehead atoms. The van der Waals surface area contributed by atoms with Crippen molar-refractivity contribution in [2.24, 2.45) is 0 Å². The highest BCUT2D eigenvalue weighted by atomic mass is 32.2. The number of thiocarbonyl (C=S) groups is 1. The predicted octanol–water partition coefficient (Wildman–Crippen LogP) is 2.01. The molecule has 90 valence electrons. The minimum Gasteiger partial charge on any atom is -0.307 e. The summed E-state index contributed by atoms with van der Waals surface area (Å²) in [5.41, 5.74) is 3.01. The minimum atomic E-state index is -0.122. The fourth-order valence-corrected chi connectivity index (χ4v) is 2.81. The average molecular weight is 267 g/mol. The van der Waals surface area contributed by atoms with Crippen LogP contribution in [0.3, 0.4) is 0 Å². The lowest BCUT2D eigenvalue weighted by molar-refractivity contribution is -0.115. The lowest BCUT2D eigenvalue weighted by atomic mass is 10.2. The van der Waals surface area contributed by atoms with Gasteiger partial charge in [0.2, 0.25) is 0 Å². The topological polar surface area (TPSA) is 46.9 Å². The number of nitrogens with zero attached hydrogens (tertiary/aromatic N) is 2. The second-order valence-corrected chi connectivity index (χ2v) is 5.47. The smallest absolute Gasteiger partial charge is 0.263 e. The highest BCUT2D eigenvalue weighted by Crippen LogP contribution is 2.27. The Balaban J connectivity index is 2.42. The molecule has 1 aliphatic rings. The monoisotopic (exact) mass is 267 g/mol. The third kappa shape index (κ3) is 2.28. The molecule has 0 aromatic carbocycles. The fraction of sp³-hybridized carbons (Fsp3) is 0.364. The summed E-state index contributed by atoms with van der Waals surface area (Å²) in [6, 6.07) is 0. The number of hydrogen-bond donors (Lipinski definition) is 1. The lowest BCUT2D eigenvalue weighted by Gasteiger charge is -1.99. The van der Waals surface area contributed by atoms with E-state index < -0.39 is 0 Å². The quantitative estimate of drug-likeness (QED) is 0.658. The van der Waals surface area contributed by atoms with Crippen LogP contribution in [0.15, 0.2) is 4.91 Å². The second kappa shape index (κ2) is 4.62. The van der Waals surface area contributed by atoms with Crippen LogP contribution >= 0.6 is 24.0 Å².